The number of hydrogen-bond acceptors (Lipinski definition) is 3. The molecule has 4 rings (SSSR count). The molecule has 0 saturated carbocycles. The van der Waals surface area contributed by atoms with E-state index in [-0.39, 0.29) is 0 Å². The second-order valence-corrected chi connectivity index (χ2v) is 8.28. The number of nitrogens with zero attached hydrogens (tertiary/aromatic N) is 1. The molecule has 1 saturated heterocycles. The van der Waals surface area contributed by atoms with Gasteiger partial charge in [0.15, 0.2) is 0 Å². The van der Waals surface area contributed by atoms with Crippen molar-refractivity contribution in [2.45, 2.75) is 25.2 Å². The van der Waals surface area contributed by atoms with Gasteiger partial charge in [0.05, 0.1) is 11.6 Å². The van der Waals surface area contributed by atoms with Gasteiger partial charge >= 0.3 is 0 Å². The second-order valence-electron chi connectivity index (χ2n) is 7.87. The number of ether oxygens (including phenoxy) is 1. The Hall–Kier alpha value is -2.24. The molecule has 0 spiro atoms. The largest absolute Gasteiger partial charge is 0.383 e. The van der Waals surface area contributed by atoms with E-state index in [4.69, 9.17) is 16.3 Å². The van der Waals surface area contributed by atoms with Crippen LogP contribution in [0.25, 0.3) is 11.1 Å². The van der Waals surface area contributed by atoms with Crippen LogP contribution in [0.4, 0.5) is 4.39 Å². The Kier molecular flexibility index (Phi) is 6.21. The molecule has 3 aromatic rings. The maximum Gasteiger partial charge on any atom is 0.132 e. The monoisotopic (exact) mass is 425 g/mol. The van der Waals surface area contributed by atoms with Gasteiger partial charge in [0.1, 0.15) is 17.5 Å². The van der Waals surface area contributed by atoms with Crippen LogP contribution < -0.4 is 0 Å². The molecule has 3 aromatic carbocycles. The first-order valence-corrected chi connectivity index (χ1v) is 10.5. The van der Waals surface area contributed by atoms with E-state index >= 15 is 0 Å². The average Bonchev–Trinajstić information content (AvgIpc) is 2.75. The van der Waals surface area contributed by atoms with E-state index in [1.807, 2.05) is 36.4 Å². The van der Waals surface area contributed by atoms with Crippen LogP contribution in [0.15, 0.2) is 72.8 Å². The van der Waals surface area contributed by atoms with Gasteiger partial charge in [0, 0.05) is 25.2 Å². The first-order chi connectivity index (χ1) is 14.5. The summed E-state index contributed by atoms with van der Waals surface area (Å²) in [4.78, 5) is 2.27. The molecule has 5 heteroatoms. The Morgan fingerprint density at radius 2 is 1.80 bits per heavy atom. The van der Waals surface area contributed by atoms with Gasteiger partial charge in [0.2, 0.25) is 0 Å². The zero-order valence-corrected chi connectivity index (χ0v) is 17.6. The first kappa shape index (κ1) is 21.0. The summed E-state index contributed by atoms with van der Waals surface area (Å²) >= 11 is 6.32. The van der Waals surface area contributed by atoms with Crippen molar-refractivity contribution in [3.8, 4) is 11.1 Å². The second kappa shape index (κ2) is 8.86. The lowest BCUT2D eigenvalue weighted by molar-refractivity contribution is -0.141. The molecule has 2 unspecified atom stereocenters. The molecular weight excluding hydrogens is 401 g/mol. The summed E-state index contributed by atoms with van der Waals surface area (Å²) in [7, 11) is 0. The van der Waals surface area contributed by atoms with Crippen LogP contribution in [-0.2, 0) is 16.9 Å². The SMILES string of the molecule is CC(O)(c1ccccc1-c1c(F)cccc1Cl)C1CN(Cc2ccccc2)CCO1. The topological polar surface area (TPSA) is 32.7 Å². The van der Waals surface area contributed by atoms with Gasteiger partial charge in [0.25, 0.3) is 0 Å². The van der Waals surface area contributed by atoms with E-state index < -0.39 is 17.5 Å². The molecule has 0 amide bonds. The third-order valence-electron chi connectivity index (χ3n) is 5.73. The van der Waals surface area contributed by atoms with Crippen LogP contribution in [0, 0.1) is 5.82 Å². The van der Waals surface area contributed by atoms with E-state index in [9.17, 15) is 9.50 Å². The minimum atomic E-state index is -1.32. The minimum Gasteiger partial charge on any atom is -0.383 e. The van der Waals surface area contributed by atoms with Crippen molar-refractivity contribution in [3.63, 3.8) is 0 Å². The fourth-order valence-corrected chi connectivity index (χ4v) is 4.36. The molecule has 1 N–H and O–H groups in total. The quantitative estimate of drug-likeness (QED) is 0.605. The van der Waals surface area contributed by atoms with Crippen LogP contribution in [0.5, 0.6) is 0 Å². The Bertz CT molecular complexity index is 989. The number of halogens is 2. The van der Waals surface area contributed by atoms with E-state index in [2.05, 4.69) is 17.0 Å². The van der Waals surface area contributed by atoms with Crippen LogP contribution in [0.3, 0.4) is 0 Å². The van der Waals surface area contributed by atoms with Crippen LogP contribution in [0.1, 0.15) is 18.1 Å². The van der Waals surface area contributed by atoms with Gasteiger partial charge < -0.3 is 9.84 Å². The van der Waals surface area contributed by atoms with Crippen molar-refractivity contribution < 1.29 is 14.2 Å². The molecule has 1 aliphatic heterocycles. The third-order valence-corrected chi connectivity index (χ3v) is 6.05. The van der Waals surface area contributed by atoms with Gasteiger partial charge in [-0.05, 0) is 35.7 Å². The van der Waals surface area contributed by atoms with Crippen molar-refractivity contribution in [2.24, 2.45) is 0 Å². The van der Waals surface area contributed by atoms with Crippen molar-refractivity contribution in [1.82, 2.24) is 4.90 Å². The third kappa shape index (κ3) is 4.28. The number of hydrogen-bond donors (Lipinski definition) is 1. The molecule has 1 fully saturated rings. The van der Waals surface area contributed by atoms with Gasteiger partial charge in [-0.2, -0.15) is 0 Å². The zero-order valence-electron chi connectivity index (χ0n) is 16.9. The molecule has 0 radical (unpaired) electrons. The van der Waals surface area contributed by atoms with Gasteiger partial charge in [-0.3, -0.25) is 4.90 Å². The predicted octanol–water partition coefficient (Wildman–Crippen LogP) is 5.25. The summed E-state index contributed by atoms with van der Waals surface area (Å²) in [6.45, 7) is 4.41. The lowest BCUT2D eigenvalue weighted by atomic mass is 9.83. The Labute approximate surface area is 181 Å². The molecular formula is C25H25ClFNO2. The summed E-state index contributed by atoms with van der Waals surface area (Å²) in [5, 5.41) is 11.9. The lowest BCUT2D eigenvalue weighted by Crippen LogP contribution is -2.51. The van der Waals surface area contributed by atoms with E-state index in [1.165, 1.54) is 11.6 Å². The molecule has 3 nitrogen and oxygen atoms in total. The zero-order chi connectivity index (χ0) is 21.1. The maximum atomic E-state index is 14.6. The highest BCUT2D eigenvalue weighted by molar-refractivity contribution is 6.33. The van der Waals surface area contributed by atoms with Gasteiger partial charge in [-0.25, -0.2) is 4.39 Å². The lowest BCUT2D eigenvalue weighted by Gasteiger charge is -2.41. The summed E-state index contributed by atoms with van der Waals surface area (Å²) in [5.74, 6) is -0.416. The summed E-state index contributed by atoms with van der Waals surface area (Å²) < 4.78 is 20.6. The fraction of sp³-hybridized carbons (Fsp3) is 0.280. The minimum absolute atomic E-state index is 0.298. The van der Waals surface area contributed by atoms with Crippen LogP contribution in [-0.4, -0.2) is 35.8 Å². The molecule has 2 atom stereocenters. The van der Waals surface area contributed by atoms with E-state index in [0.29, 0.717) is 34.9 Å². The number of rotatable bonds is 5. The average molecular weight is 426 g/mol. The predicted molar refractivity (Wildman–Crippen MR) is 118 cm³/mol. The Morgan fingerprint density at radius 3 is 2.57 bits per heavy atom. The highest BCUT2D eigenvalue weighted by atomic mass is 35.5. The molecule has 1 aliphatic rings. The summed E-state index contributed by atoms with van der Waals surface area (Å²) in [6.07, 6.45) is -0.457. The van der Waals surface area contributed by atoms with Crippen LogP contribution >= 0.6 is 11.6 Å². The Morgan fingerprint density at radius 1 is 1.07 bits per heavy atom. The highest BCUT2D eigenvalue weighted by Crippen LogP contribution is 2.39. The standard InChI is InChI=1S/C25H25ClFNO2/c1-25(29,23-17-28(14-15-30-23)16-18-8-3-2-4-9-18)20-11-6-5-10-19(20)24-21(26)12-7-13-22(24)27/h2-13,23,29H,14-17H2,1H3. The Balaban J connectivity index is 1.64. The maximum absolute atomic E-state index is 14.6. The van der Waals surface area contributed by atoms with Crippen molar-refractivity contribution >= 4 is 11.6 Å². The van der Waals surface area contributed by atoms with Crippen molar-refractivity contribution in [3.05, 3.63) is 94.8 Å². The fourth-order valence-electron chi connectivity index (χ4n) is 4.10. The van der Waals surface area contributed by atoms with E-state index in [0.717, 1.165) is 13.1 Å². The first-order valence-electron chi connectivity index (χ1n) is 10.1. The molecule has 1 heterocycles. The molecule has 0 aliphatic carbocycles. The molecule has 0 aromatic heterocycles. The smallest absolute Gasteiger partial charge is 0.132 e. The number of aliphatic hydroxyl groups is 1. The van der Waals surface area contributed by atoms with Crippen molar-refractivity contribution in [1.29, 1.82) is 0 Å². The van der Waals surface area contributed by atoms with Gasteiger partial charge in [-0.15, -0.1) is 0 Å². The molecule has 30 heavy (non-hydrogen) atoms. The summed E-state index contributed by atoms with van der Waals surface area (Å²) in [6, 6.07) is 22.1. The summed E-state index contributed by atoms with van der Waals surface area (Å²) in [5.41, 5.74) is 1.37. The number of benzene rings is 3. The highest BCUT2D eigenvalue weighted by Gasteiger charge is 2.39. The van der Waals surface area contributed by atoms with Crippen LogP contribution in [0.2, 0.25) is 5.02 Å². The van der Waals surface area contributed by atoms with E-state index in [1.54, 1.807) is 25.1 Å². The normalized spacial score (nSPS) is 19.4. The molecule has 0 bridgehead atoms. The van der Waals surface area contributed by atoms with Gasteiger partial charge in [-0.1, -0.05) is 72.3 Å². The van der Waals surface area contributed by atoms with Crippen molar-refractivity contribution in [2.75, 3.05) is 19.7 Å². The molecule has 156 valence electrons. The number of morpholine rings is 1.